The molecule has 0 saturated heterocycles. The van der Waals surface area contributed by atoms with Crippen molar-refractivity contribution in [3.8, 4) is 0 Å². The van der Waals surface area contributed by atoms with E-state index in [0.717, 1.165) is 0 Å². The van der Waals surface area contributed by atoms with Crippen LogP contribution < -0.4 is 0 Å². The molecule has 2 heterocycles. The number of furan rings is 1. The van der Waals surface area contributed by atoms with Crippen molar-refractivity contribution < 1.29 is 9.21 Å². The van der Waals surface area contributed by atoms with Gasteiger partial charge in [-0.2, -0.15) is 5.10 Å². The largest absolute Gasteiger partial charge is 0.454 e. The minimum atomic E-state index is -0.149. The van der Waals surface area contributed by atoms with Crippen molar-refractivity contribution in [1.82, 2.24) is 15.2 Å². The fourth-order valence-corrected chi connectivity index (χ4v) is 1.37. The van der Waals surface area contributed by atoms with Crippen molar-refractivity contribution in [2.24, 2.45) is 0 Å². The molecule has 0 fully saturated rings. The van der Waals surface area contributed by atoms with Crippen LogP contribution in [0.5, 0.6) is 0 Å². The lowest BCUT2D eigenvalue weighted by Crippen LogP contribution is -2.04. The normalized spacial score (nSPS) is 10.4. The predicted molar refractivity (Wildman–Crippen MR) is 50.8 cm³/mol. The van der Waals surface area contributed by atoms with Gasteiger partial charge in [-0.25, -0.2) is 4.98 Å². The summed E-state index contributed by atoms with van der Waals surface area (Å²) < 4.78 is 5.80. The summed E-state index contributed by atoms with van der Waals surface area (Å²) in [4.78, 5) is 15.2. The fourth-order valence-electron chi connectivity index (χ4n) is 1.03. The van der Waals surface area contributed by atoms with Gasteiger partial charge in [0.25, 0.3) is 0 Å². The molecule has 2 aromatic rings. The Morgan fingerprint density at radius 2 is 2.43 bits per heavy atom. The highest BCUT2D eigenvalue weighted by Gasteiger charge is 2.11. The number of aromatic nitrogens is 3. The van der Waals surface area contributed by atoms with Crippen LogP contribution in [0.15, 0.2) is 27.5 Å². The maximum atomic E-state index is 11.5. The second kappa shape index (κ2) is 3.75. The van der Waals surface area contributed by atoms with E-state index in [0.29, 0.717) is 10.4 Å². The van der Waals surface area contributed by atoms with E-state index in [2.05, 4.69) is 31.1 Å². The molecule has 2 rings (SSSR count). The molecule has 2 aromatic heterocycles. The zero-order chi connectivity index (χ0) is 9.97. The van der Waals surface area contributed by atoms with E-state index >= 15 is 0 Å². The van der Waals surface area contributed by atoms with E-state index in [-0.39, 0.29) is 18.0 Å². The molecule has 0 radical (unpaired) electrons. The smallest absolute Gasteiger partial charge is 0.207 e. The van der Waals surface area contributed by atoms with Gasteiger partial charge < -0.3 is 4.42 Å². The minimum Gasteiger partial charge on any atom is -0.454 e. The quantitative estimate of drug-likeness (QED) is 0.846. The molecule has 0 spiro atoms. The van der Waals surface area contributed by atoms with Crippen LogP contribution in [0.25, 0.3) is 0 Å². The lowest BCUT2D eigenvalue weighted by atomic mass is 10.2. The summed E-state index contributed by atoms with van der Waals surface area (Å²) in [6.45, 7) is 0. The summed E-state index contributed by atoms with van der Waals surface area (Å²) in [5, 5.41) is 6.09. The maximum Gasteiger partial charge on any atom is 0.207 e. The Bertz CT molecular complexity index is 435. The molecule has 0 aromatic carbocycles. The van der Waals surface area contributed by atoms with E-state index in [4.69, 9.17) is 4.42 Å². The third kappa shape index (κ3) is 1.90. The van der Waals surface area contributed by atoms with Crippen LogP contribution in [0.4, 0.5) is 0 Å². The predicted octanol–water partition coefficient (Wildman–Crippen LogP) is 1.59. The van der Waals surface area contributed by atoms with Crippen molar-refractivity contribution in [2.45, 2.75) is 6.42 Å². The second-order valence-corrected chi connectivity index (χ2v) is 3.42. The number of nitrogens with one attached hydrogen (secondary N) is 1. The minimum absolute atomic E-state index is 0.149. The molecule has 0 unspecified atom stereocenters. The average molecular weight is 256 g/mol. The molecule has 0 atom stereocenters. The monoisotopic (exact) mass is 255 g/mol. The zero-order valence-corrected chi connectivity index (χ0v) is 8.61. The van der Waals surface area contributed by atoms with Crippen LogP contribution in [-0.2, 0) is 6.42 Å². The Morgan fingerprint density at radius 3 is 3.00 bits per heavy atom. The van der Waals surface area contributed by atoms with Gasteiger partial charge >= 0.3 is 0 Å². The summed E-state index contributed by atoms with van der Waals surface area (Å²) >= 11 is 3.16. The van der Waals surface area contributed by atoms with Crippen molar-refractivity contribution in [1.29, 1.82) is 0 Å². The summed E-state index contributed by atoms with van der Waals surface area (Å²) in [5.41, 5.74) is 0. The molecule has 72 valence electrons. The zero-order valence-electron chi connectivity index (χ0n) is 7.03. The van der Waals surface area contributed by atoms with Crippen LogP contribution >= 0.6 is 15.9 Å². The molecule has 1 N–H and O–H groups in total. The van der Waals surface area contributed by atoms with Gasteiger partial charge in [0.15, 0.2) is 10.5 Å². The second-order valence-electron chi connectivity index (χ2n) is 2.64. The van der Waals surface area contributed by atoms with E-state index in [1.54, 1.807) is 12.1 Å². The first-order chi connectivity index (χ1) is 6.75. The summed E-state index contributed by atoms with van der Waals surface area (Å²) in [7, 11) is 0. The van der Waals surface area contributed by atoms with Gasteiger partial charge in [-0.15, -0.1) is 0 Å². The van der Waals surface area contributed by atoms with Crippen LogP contribution in [0, 0.1) is 0 Å². The highest BCUT2D eigenvalue weighted by molar-refractivity contribution is 9.10. The lowest BCUT2D eigenvalue weighted by molar-refractivity contribution is 0.0977. The molecule has 14 heavy (non-hydrogen) atoms. The third-order valence-corrected chi connectivity index (χ3v) is 2.07. The van der Waals surface area contributed by atoms with E-state index in [1.165, 1.54) is 6.33 Å². The van der Waals surface area contributed by atoms with Gasteiger partial charge in [-0.3, -0.25) is 9.89 Å². The van der Waals surface area contributed by atoms with Crippen molar-refractivity contribution >= 4 is 21.7 Å². The molecule has 6 heteroatoms. The summed E-state index contributed by atoms with van der Waals surface area (Å²) in [6, 6.07) is 3.47. The van der Waals surface area contributed by atoms with Crippen LogP contribution in [-0.4, -0.2) is 21.0 Å². The highest BCUT2D eigenvalue weighted by Crippen LogP contribution is 2.15. The van der Waals surface area contributed by atoms with E-state index in [1.807, 2.05) is 0 Å². The van der Waals surface area contributed by atoms with Gasteiger partial charge in [0.1, 0.15) is 12.1 Å². The first kappa shape index (κ1) is 9.14. The van der Waals surface area contributed by atoms with Gasteiger partial charge in [-0.1, -0.05) is 0 Å². The Labute approximate surface area is 87.7 Å². The van der Waals surface area contributed by atoms with Gasteiger partial charge in [-0.05, 0) is 28.1 Å². The number of nitrogens with zero attached hydrogens (tertiary/aromatic N) is 2. The van der Waals surface area contributed by atoms with Crippen LogP contribution in [0.2, 0.25) is 0 Å². The molecular weight excluding hydrogens is 250 g/mol. The number of H-pyrrole nitrogens is 1. The van der Waals surface area contributed by atoms with E-state index < -0.39 is 0 Å². The molecule has 0 aliphatic carbocycles. The van der Waals surface area contributed by atoms with Crippen molar-refractivity contribution in [2.75, 3.05) is 0 Å². The third-order valence-electron chi connectivity index (χ3n) is 1.64. The lowest BCUT2D eigenvalue weighted by Gasteiger charge is -1.92. The number of carbonyl (C=O) groups is 1. The van der Waals surface area contributed by atoms with Crippen LogP contribution in [0.1, 0.15) is 16.4 Å². The molecule has 0 aliphatic rings. The summed E-state index contributed by atoms with van der Waals surface area (Å²) in [5.74, 6) is 0.695. The number of aromatic amines is 1. The van der Waals surface area contributed by atoms with Crippen LogP contribution in [0.3, 0.4) is 0 Å². The number of ketones is 1. The number of halogens is 1. The average Bonchev–Trinajstić information content (AvgIpc) is 2.75. The molecular formula is C8H6BrN3O2. The first-order valence-electron chi connectivity index (χ1n) is 3.88. The SMILES string of the molecule is O=C(Cc1ccc(Br)o1)c1ncn[nH]1. The fraction of sp³-hybridized carbons (Fsp3) is 0.125. The number of hydrogen-bond acceptors (Lipinski definition) is 4. The Kier molecular flexibility index (Phi) is 2.45. The molecule has 0 aliphatic heterocycles. The Morgan fingerprint density at radius 1 is 1.57 bits per heavy atom. The Balaban J connectivity index is 2.09. The Hall–Kier alpha value is -1.43. The molecule has 0 saturated carbocycles. The standard InChI is InChI=1S/C8H6BrN3O2/c9-7-2-1-5(14-7)3-6(13)8-10-4-11-12-8/h1-2,4H,3H2,(H,10,11,12). The first-order valence-corrected chi connectivity index (χ1v) is 4.68. The number of hydrogen-bond donors (Lipinski definition) is 1. The summed E-state index contributed by atoms with van der Waals surface area (Å²) in [6.07, 6.45) is 1.48. The van der Waals surface area contributed by atoms with E-state index in [9.17, 15) is 4.79 Å². The van der Waals surface area contributed by atoms with Gasteiger partial charge in [0, 0.05) is 0 Å². The van der Waals surface area contributed by atoms with Gasteiger partial charge in [0.05, 0.1) is 6.42 Å². The van der Waals surface area contributed by atoms with Gasteiger partial charge in [0.2, 0.25) is 5.78 Å². The topological polar surface area (TPSA) is 71.8 Å². The molecule has 0 amide bonds. The number of Topliss-reactive ketones (excluding diaryl/α,β-unsaturated/α-hetero) is 1. The number of carbonyl (C=O) groups excluding carboxylic acids is 1. The maximum absolute atomic E-state index is 11.5. The molecule has 0 bridgehead atoms. The van der Waals surface area contributed by atoms with Crippen molar-refractivity contribution in [3.05, 3.63) is 34.7 Å². The highest BCUT2D eigenvalue weighted by atomic mass is 79.9. The number of rotatable bonds is 3. The van der Waals surface area contributed by atoms with Crippen molar-refractivity contribution in [3.63, 3.8) is 0 Å². The molecule has 5 nitrogen and oxygen atoms in total.